The van der Waals surface area contributed by atoms with Crippen molar-refractivity contribution in [2.75, 3.05) is 13.2 Å². The van der Waals surface area contributed by atoms with Crippen molar-refractivity contribution in [2.45, 2.75) is 31.7 Å². The SMILES string of the molecule is CC(N)C(C)(CC(=O)O)c1ccc2c(c1)OCCO2. The third-order valence-corrected chi connectivity index (χ3v) is 3.73. The summed E-state index contributed by atoms with van der Waals surface area (Å²) in [5, 5.41) is 9.09. The van der Waals surface area contributed by atoms with Gasteiger partial charge in [-0.2, -0.15) is 0 Å². The predicted molar refractivity (Wildman–Crippen MR) is 70.7 cm³/mol. The minimum Gasteiger partial charge on any atom is -0.486 e. The number of carboxylic acid groups (broad SMARTS) is 1. The molecule has 0 aliphatic carbocycles. The summed E-state index contributed by atoms with van der Waals surface area (Å²) < 4.78 is 11.0. The first kappa shape index (κ1) is 13.7. The molecule has 2 unspecified atom stereocenters. The molecule has 0 aromatic heterocycles. The highest BCUT2D eigenvalue weighted by molar-refractivity contribution is 5.69. The standard InChI is InChI=1S/C14H19NO4/c1-9(15)14(2,8-13(16)17)10-3-4-11-12(7-10)19-6-5-18-11/h3-4,7,9H,5-6,8,15H2,1-2H3,(H,16,17). The summed E-state index contributed by atoms with van der Waals surface area (Å²) in [4.78, 5) is 11.1. The van der Waals surface area contributed by atoms with E-state index in [1.54, 1.807) is 0 Å². The zero-order chi connectivity index (χ0) is 14.0. The van der Waals surface area contributed by atoms with E-state index < -0.39 is 11.4 Å². The van der Waals surface area contributed by atoms with E-state index in [0.29, 0.717) is 24.7 Å². The van der Waals surface area contributed by atoms with Gasteiger partial charge in [-0.1, -0.05) is 13.0 Å². The minimum absolute atomic E-state index is 0.0235. The molecule has 2 rings (SSSR count). The fourth-order valence-corrected chi connectivity index (χ4v) is 2.24. The summed E-state index contributed by atoms with van der Waals surface area (Å²) in [6.45, 7) is 4.72. The fourth-order valence-electron chi connectivity index (χ4n) is 2.24. The average Bonchev–Trinajstić information content (AvgIpc) is 2.37. The molecule has 1 aromatic carbocycles. The second-order valence-corrected chi connectivity index (χ2v) is 5.14. The molecule has 5 nitrogen and oxygen atoms in total. The Morgan fingerprint density at radius 3 is 2.63 bits per heavy atom. The highest BCUT2D eigenvalue weighted by Gasteiger charge is 2.34. The van der Waals surface area contributed by atoms with Crippen LogP contribution in [0.1, 0.15) is 25.8 Å². The van der Waals surface area contributed by atoms with Gasteiger partial charge < -0.3 is 20.3 Å². The molecule has 0 radical (unpaired) electrons. The summed E-state index contributed by atoms with van der Waals surface area (Å²) in [7, 11) is 0. The van der Waals surface area contributed by atoms with E-state index in [1.807, 2.05) is 32.0 Å². The molecule has 19 heavy (non-hydrogen) atoms. The van der Waals surface area contributed by atoms with E-state index in [0.717, 1.165) is 5.56 Å². The average molecular weight is 265 g/mol. The number of ether oxygens (including phenoxy) is 2. The maximum atomic E-state index is 11.1. The number of aliphatic carboxylic acids is 1. The van der Waals surface area contributed by atoms with Crippen LogP contribution in [0.3, 0.4) is 0 Å². The van der Waals surface area contributed by atoms with Crippen molar-refractivity contribution < 1.29 is 19.4 Å². The monoisotopic (exact) mass is 265 g/mol. The van der Waals surface area contributed by atoms with Gasteiger partial charge in [0.05, 0.1) is 6.42 Å². The molecule has 1 aliphatic heterocycles. The van der Waals surface area contributed by atoms with Crippen molar-refractivity contribution in [3.05, 3.63) is 23.8 Å². The molecule has 104 valence electrons. The lowest BCUT2D eigenvalue weighted by Crippen LogP contribution is -2.42. The van der Waals surface area contributed by atoms with Gasteiger partial charge in [-0.3, -0.25) is 4.79 Å². The number of carbonyl (C=O) groups is 1. The smallest absolute Gasteiger partial charge is 0.304 e. The summed E-state index contributed by atoms with van der Waals surface area (Å²) in [6.07, 6.45) is -0.0235. The van der Waals surface area contributed by atoms with Crippen LogP contribution in [0.25, 0.3) is 0 Å². The third-order valence-electron chi connectivity index (χ3n) is 3.73. The van der Waals surface area contributed by atoms with Crippen LogP contribution in [0.15, 0.2) is 18.2 Å². The Kier molecular flexibility index (Phi) is 3.66. The van der Waals surface area contributed by atoms with E-state index >= 15 is 0 Å². The number of carboxylic acids is 1. The molecule has 0 saturated heterocycles. The largest absolute Gasteiger partial charge is 0.486 e. The van der Waals surface area contributed by atoms with E-state index in [2.05, 4.69) is 0 Å². The van der Waals surface area contributed by atoms with Crippen LogP contribution in [0.5, 0.6) is 11.5 Å². The van der Waals surface area contributed by atoms with E-state index in [1.165, 1.54) is 0 Å². The predicted octanol–water partition coefficient (Wildman–Crippen LogP) is 1.54. The number of hydrogen-bond acceptors (Lipinski definition) is 4. The van der Waals surface area contributed by atoms with Crippen molar-refractivity contribution >= 4 is 5.97 Å². The summed E-state index contributed by atoms with van der Waals surface area (Å²) in [5.74, 6) is 0.480. The molecule has 0 saturated carbocycles. The lowest BCUT2D eigenvalue weighted by Gasteiger charge is -2.33. The molecular weight excluding hydrogens is 246 g/mol. The number of benzene rings is 1. The van der Waals surface area contributed by atoms with Gasteiger partial charge in [-0.25, -0.2) is 0 Å². The van der Waals surface area contributed by atoms with Crippen LogP contribution < -0.4 is 15.2 Å². The Morgan fingerprint density at radius 1 is 1.42 bits per heavy atom. The van der Waals surface area contributed by atoms with Gasteiger partial charge in [0, 0.05) is 11.5 Å². The van der Waals surface area contributed by atoms with Gasteiger partial charge >= 0.3 is 5.97 Å². The second-order valence-electron chi connectivity index (χ2n) is 5.14. The lowest BCUT2D eigenvalue weighted by molar-refractivity contribution is -0.138. The molecule has 0 amide bonds. The van der Waals surface area contributed by atoms with Gasteiger partial charge in [0.15, 0.2) is 11.5 Å². The van der Waals surface area contributed by atoms with E-state index in [9.17, 15) is 4.79 Å². The van der Waals surface area contributed by atoms with Crippen molar-refractivity contribution in [1.82, 2.24) is 0 Å². The normalized spacial score (nSPS) is 18.5. The van der Waals surface area contributed by atoms with Crippen molar-refractivity contribution in [3.8, 4) is 11.5 Å². The van der Waals surface area contributed by atoms with Crippen molar-refractivity contribution in [2.24, 2.45) is 5.73 Å². The zero-order valence-corrected chi connectivity index (χ0v) is 11.2. The van der Waals surface area contributed by atoms with Crippen LogP contribution in [0.4, 0.5) is 0 Å². The Balaban J connectivity index is 2.39. The van der Waals surface area contributed by atoms with Crippen molar-refractivity contribution in [3.63, 3.8) is 0 Å². The van der Waals surface area contributed by atoms with Crippen molar-refractivity contribution in [1.29, 1.82) is 0 Å². The Hall–Kier alpha value is -1.75. The van der Waals surface area contributed by atoms with Crippen LogP contribution in [0.2, 0.25) is 0 Å². The Bertz CT molecular complexity index is 486. The number of fused-ring (bicyclic) bond motifs is 1. The number of nitrogens with two attached hydrogens (primary N) is 1. The topological polar surface area (TPSA) is 81.8 Å². The number of rotatable bonds is 4. The first-order chi connectivity index (χ1) is 8.93. The second kappa shape index (κ2) is 5.09. The van der Waals surface area contributed by atoms with Gasteiger partial charge in [0.1, 0.15) is 13.2 Å². The van der Waals surface area contributed by atoms with Gasteiger partial charge in [0.2, 0.25) is 0 Å². The molecule has 3 N–H and O–H groups in total. The van der Waals surface area contributed by atoms with Crippen LogP contribution in [-0.4, -0.2) is 30.3 Å². The first-order valence-corrected chi connectivity index (χ1v) is 6.31. The molecule has 5 heteroatoms. The maximum absolute atomic E-state index is 11.1. The quantitative estimate of drug-likeness (QED) is 0.863. The highest BCUT2D eigenvalue weighted by Crippen LogP contribution is 2.37. The fraction of sp³-hybridized carbons (Fsp3) is 0.500. The highest BCUT2D eigenvalue weighted by atomic mass is 16.6. The molecular formula is C14H19NO4. The first-order valence-electron chi connectivity index (χ1n) is 6.31. The van der Waals surface area contributed by atoms with Crippen LogP contribution in [0, 0.1) is 0 Å². The maximum Gasteiger partial charge on any atom is 0.304 e. The molecule has 1 heterocycles. The molecule has 1 aliphatic rings. The molecule has 0 bridgehead atoms. The van der Waals surface area contributed by atoms with Crippen LogP contribution in [-0.2, 0) is 10.2 Å². The summed E-state index contributed by atoms with van der Waals surface area (Å²) in [5.41, 5.74) is 6.21. The Morgan fingerprint density at radius 2 is 2.05 bits per heavy atom. The molecule has 1 aromatic rings. The third kappa shape index (κ3) is 2.66. The minimum atomic E-state index is -0.866. The van der Waals surface area contributed by atoms with E-state index in [-0.39, 0.29) is 12.5 Å². The zero-order valence-electron chi connectivity index (χ0n) is 11.2. The molecule has 2 atom stereocenters. The van der Waals surface area contributed by atoms with E-state index in [4.69, 9.17) is 20.3 Å². The summed E-state index contributed by atoms with van der Waals surface area (Å²) in [6, 6.07) is 5.22. The molecule has 0 fully saturated rings. The lowest BCUT2D eigenvalue weighted by atomic mass is 9.74. The van der Waals surface area contributed by atoms with Gasteiger partial charge in [-0.15, -0.1) is 0 Å². The molecule has 0 spiro atoms. The Labute approximate surface area is 112 Å². The van der Waals surface area contributed by atoms with Gasteiger partial charge in [-0.05, 0) is 24.6 Å². The van der Waals surface area contributed by atoms with Crippen LogP contribution >= 0.6 is 0 Å². The van der Waals surface area contributed by atoms with Gasteiger partial charge in [0.25, 0.3) is 0 Å². The summed E-state index contributed by atoms with van der Waals surface area (Å²) >= 11 is 0. The number of hydrogen-bond donors (Lipinski definition) is 2.